The quantitative estimate of drug-likeness (QED) is 0.0390. The summed E-state index contributed by atoms with van der Waals surface area (Å²) in [7, 11) is -3.56. The molecule has 87 heavy (non-hydrogen) atoms. The Hall–Kier alpha value is -5.90. The third kappa shape index (κ3) is 14.0. The fourth-order valence-electron chi connectivity index (χ4n) is 17.6. The van der Waals surface area contributed by atoms with Crippen molar-refractivity contribution < 1.29 is 98.4 Å². The van der Waals surface area contributed by atoms with E-state index in [-0.39, 0.29) is 96.6 Å². The minimum atomic E-state index is -3.56. The van der Waals surface area contributed by atoms with E-state index >= 15 is 0 Å². The molecule has 22 heteroatoms. The molecule has 0 aromatic rings. The summed E-state index contributed by atoms with van der Waals surface area (Å²) in [5, 5.41) is -0.476. The predicted octanol–water partition coefficient (Wildman–Crippen LogP) is 7.90. The molecule has 0 aromatic carbocycles. The maximum atomic E-state index is 12.2. The Balaban J connectivity index is 0.000000141. The summed E-state index contributed by atoms with van der Waals surface area (Å²) in [5.74, 6) is 1.90. The molecule has 0 amide bonds. The molecule has 480 valence electrons. The molecule has 12 bridgehead atoms. The molecule has 0 N–H and O–H groups in total. The van der Waals surface area contributed by atoms with Crippen LogP contribution >= 0.6 is 0 Å². The first-order chi connectivity index (χ1) is 41.0. The fourth-order valence-corrected chi connectivity index (χ4v) is 19.5. The van der Waals surface area contributed by atoms with Crippen molar-refractivity contribution in [1.29, 1.82) is 0 Å². The lowest BCUT2D eigenvalue weighted by atomic mass is 9.47. The van der Waals surface area contributed by atoms with E-state index in [0.29, 0.717) is 59.5 Å². The summed E-state index contributed by atoms with van der Waals surface area (Å²) in [6.45, 7) is 25.8. The summed E-state index contributed by atoms with van der Waals surface area (Å²) in [4.78, 5) is 105. The van der Waals surface area contributed by atoms with Crippen LogP contribution in [0.5, 0.6) is 0 Å². The number of esters is 9. The number of rotatable bonds is 19. The Morgan fingerprint density at radius 1 is 0.517 bits per heavy atom. The van der Waals surface area contributed by atoms with E-state index in [2.05, 4.69) is 44.9 Å². The van der Waals surface area contributed by atoms with Gasteiger partial charge >= 0.3 is 53.7 Å². The minimum Gasteiger partial charge on any atom is -0.462 e. The molecule has 0 spiro atoms. The van der Waals surface area contributed by atoms with Crippen LogP contribution in [0, 0.1) is 82.9 Å². The molecule has 12 saturated carbocycles. The van der Waals surface area contributed by atoms with Crippen LogP contribution in [0.15, 0.2) is 48.6 Å². The second-order valence-corrected chi connectivity index (χ2v) is 29.4. The van der Waals surface area contributed by atoms with Gasteiger partial charge in [-0.25, -0.2) is 28.8 Å². The third-order valence-electron chi connectivity index (χ3n) is 21.2. The van der Waals surface area contributed by atoms with Gasteiger partial charge in [-0.05, 0) is 178 Å². The number of carbonyl (C=O) groups excluding carboxylic acids is 9. The largest absolute Gasteiger partial charge is 0.462 e. The standard InChI is InChI=1S/C19H26O6.C17H22O9S.C17H26O2.C12H14O4/c1-11(2)18(22)24-9-16(20)23-10-17(21)25-19(3)14-5-12-4-13(7-14)8-15(19)6-12;1-9(2)17(20)24-6-5-23-13(18)3-4-14(19)25-15-10-7-11-12(8-10)27(21,22)26-16(11)15;1-10(2)16(18)19-17(11(3)4)14-6-12-5-13(8-14)9-15(17)7-12;1-5(2)11(13)15-9-6-3-7-8(4-6)12(14)16-10(7)9/h12-15H,1,4-10H2,2-3H3;10-12,15-16H,1,3-8H2,2H3;11-15H,1,5-9H2,2-4H3;6-10H,1,3-4H2,2H3. The molecule has 2 saturated heterocycles. The van der Waals surface area contributed by atoms with Crippen molar-refractivity contribution in [2.24, 2.45) is 82.9 Å². The Labute approximate surface area is 510 Å². The highest BCUT2D eigenvalue weighted by atomic mass is 32.2. The van der Waals surface area contributed by atoms with Gasteiger partial charge in [-0.2, -0.15) is 8.42 Å². The third-order valence-corrected chi connectivity index (χ3v) is 23.0. The van der Waals surface area contributed by atoms with Gasteiger partial charge in [0.05, 0.1) is 24.0 Å². The number of carbonyl (C=O) groups is 9. The van der Waals surface area contributed by atoms with Crippen molar-refractivity contribution in [3.8, 4) is 0 Å². The fraction of sp³-hybridized carbons (Fsp3) is 0.738. The predicted molar refractivity (Wildman–Crippen MR) is 308 cm³/mol. The van der Waals surface area contributed by atoms with Crippen LogP contribution in [0.4, 0.5) is 0 Å². The summed E-state index contributed by atoms with van der Waals surface area (Å²) in [6, 6.07) is 0. The van der Waals surface area contributed by atoms with Gasteiger partial charge in [0.15, 0.2) is 13.2 Å². The smallest absolute Gasteiger partial charge is 0.344 e. The van der Waals surface area contributed by atoms with Crippen molar-refractivity contribution >= 4 is 63.8 Å². The van der Waals surface area contributed by atoms with Gasteiger partial charge < -0.3 is 42.6 Å². The first-order valence-electron chi connectivity index (χ1n) is 31.2. The molecule has 0 aromatic heterocycles. The zero-order valence-corrected chi connectivity index (χ0v) is 52.2. The van der Waals surface area contributed by atoms with E-state index in [1.165, 1.54) is 52.4 Å². The minimum absolute atomic E-state index is 0.0128. The van der Waals surface area contributed by atoms with Crippen LogP contribution < -0.4 is 0 Å². The van der Waals surface area contributed by atoms with E-state index in [0.717, 1.165) is 62.2 Å². The van der Waals surface area contributed by atoms with Crippen molar-refractivity contribution in [3.63, 3.8) is 0 Å². The molecular weight excluding hydrogens is 1150 g/mol. The SMILES string of the molecule is C=C(C)C(=O)OC1(C(C)C)C2CC3CC(C2)CC1C3.C=C(C)C(=O)OC1C2CC3C(=O)OC1C3C2.C=C(C)C(=O)OCC(=O)OCC(=O)OC1(C)C2CC3CC(C2)CC1C3.C=C(C)C(=O)OCCOC(=O)CCC(=O)OC1C2CC3C1OS(=O)(=O)C3C2. The number of hydrogen-bond donors (Lipinski definition) is 0. The molecule has 21 nitrogen and oxygen atoms in total. The Kier molecular flexibility index (Phi) is 19.8. The van der Waals surface area contributed by atoms with Crippen molar-refractivity contribution in [2.45, 2.75) is 192 Å². The zero-order valence-electron chi connectivity index (χ0n) is 51.4. The molecule has 14 fully saturated rings. The molecule has 14 rings (SSSR count). The number of hydrogen-bond acceptors (Lipinski definition) is 21. The van der Waals surface area contributed by atoms with E-state index < -0.39 is 82.2 Å². The van der Waals surface area contributed by atoms with Gasteiger partial charge in [-0.1, -0.05) is 40.2 Å². The van der Waals surface area contributed by atoms with Gasteiger partial charge in [-0.15, -0.1) is 0 Å². The zero-order chi connectivity index (χ0) is 63.2. The topological polar surface area (TPSA) is 280 Å². The Bertz CT molecular complexity index is 2850. The van der Waals surface area contributed by atoms with Crippen molar-refractivity contribution in [2.75, 3.05) is 26.4 Å². The normalized spacial score (nSPS) is 37.5. The van der Waals surface area contributed by atoms with Gasteiger partial charge in [0.2, 0.25) is 0 Å². The van der Waals surface area contributed by atoms with Crippen LogP contribution in [0.3, 0.4) is 0 Å². The Morgan fingerprint density at radius 3 is 1.55 bits per heavy atom. The Morgan fingerprint density at radius 2 is 1.00 bits per heavy atom. The highest BCUT2D eigenvalue weighted by Gasteiger charge is 2.66. The molecule has 10 atom stereocenters. The first kappa shape index (κ1) is 65.5. The van der Waals surface area contributed by atoms with E-state index in [1.807, 2.05) is 6.92 Å². The molecule has 2 aliphatic heterocycles. The van der Waals surface area contributed by atoms with Gasteiger partial charge in [0, 0.05) is 46.0 Å². The molecule has 10 unspecified atom stereocenters. The first-order valence-corrected chi connectivity index (χ1v) is 32.7. The lowest BCUT2D eigenvalue weighted by Crippen LogP contribution is -2.62. The van der Waals surface area contributed by atoms with Crippen molar-refractivity contribution in [1.82, 2.24) is 0 Å². The van der Waals surface area contributed by atoms with Crippen LogP contribution in [0.25, 0.3) is 0 Å². The molecule has 0 radical (unpaired) electrons. The van der Waals surface area contributed by atoms with Crippen LogP contribution in [-0.4, -0.2) is 129 Å². The summed E-state index contributed by atoms with van der Waals surface area (Å²) < 4.78 is 76.0. The molecular formula is C65H88O21S. The van der Waals surface area contributed by atoms with Crippen LogP contribution in [0.2, 0.25) is 0 Å². The van der Waals surface area contributed by atoms with Gasteiger partial charge in [0.1, 0.15) is 48.8 Å². The summed E-state index contributed by atoms with van der Waals surface area (Å²) in [6.07, 6.45) is 13.3. The van der Waals surface area contributed by atoms with Crippen molar-refractivity contribution in [3.05, 3.63) is 48.6 Å². The second kappa shape index (κ2) is 26.3. The maximum absolute atomic E-state index is 12.2. The number of fused-ring (bicyclic) bond motifs is 2. The van der Waals surface area contributed by atoms with E-state index in [9.17, 15) is 51.6 Å². The van der Waals surface area contributed by atoms with E-state index in [1.54, 1.807) is 13.8 Å². The average molecular weight is 1240 g/mol. The van der Waals surface area contributed by atoms with Crippen LogP contribution in [-0.2, 0) is 100 Å². The highest BCUT2D eigenvalue weighted by molar-refractivity contribution is 7.87. The molecule has 2 heterocycles. The maximum Gasteiger partial charge on any atom is 0.344 e. The average Bonchev–Trinajstić information content (AvgIpc) is 1.79. The lowest BCUT2D eigenvalue weighted by Gasteiger charge is -2.61. The lowest BCUT2D eigenvalue weighted by molar-refractivity contribution is -0.221. The van der Waals surface area contributed by atoms with Gasteiger partial charge in [-0.3, -0.25) is 18.6 Å². The summed E-state index contributed by atoms with van der Waals surface area (Å²) >= 11 is 0. The van der Waals surface area contributed by atoms with E-state index in [4.69, 9.17) is 42.1 Å². The molecule has 12 aliphatic carbocycles. The van der Waals surface area contributed by atoms with Crippen LogP contribution in [0.1, 0.15) is 151 Å². The van der Waals surface area contributed by atoms with Gasteiger partial charge in [0.25, 0.3) is 10.1 Å². The monoisotopic (exact) mass is 1240 g/mol. The number of ether oxygens (including phenoxy) is 9. The molecule has 14 aliphatic rings. The highest BCUT2D eigenvalue weighted by Crippen LogP contribution is 2.63. The summed E-state index contributed by atoms with van der Waals surface area (Å²) in [5.41, 5.74) is 0.724. The second-order valence-electron chi connectivity index (χ2n) is 27.6.